The Hall–Kier alpha value is -2.63. The molecule has 1 saturated carbocycles. The van der Waals surface area contributed by atoms with E-state index in [0.29, 0.717) is 12.5 Å². The van der Waals surface area contributed by atoms with Gasteiger partial charge in [-0.05, 0) is 24.0 Å². The second kappa shape index (κ2) is 5.22. The maximum Gasteiger partial charge on any atom is 0.312 e. The fourth-order valence-corrected chi connectivity index (χ4v) is 3.09. The van der Waals surface area contributed by atoms with Gasteiger partial charge in [-0.25, -0.2) is 0 Å². The molecule has 1 aromatic heterocycles. The smallest absolute Gasteiger partial charge is 0.312 e. The van der Waals surface area contributed by atoms with Crippen LogP contribution < -0.4 is 0 Å². The number of nitrogens with zero attached hydrogens (tertiary/aromatic N) is 2. The van der Waals surface area contributed by atoms with E-state index in [9.17, 15) is 14.7 Å². The molecule has 1 aromatic carbocycles. The Labute approximate surface area is 132 Å². The van der Waals surface area contributed by atoms with Gasteiger partial charge in [-0.1, -0.05) is 29.4 Å². The molecule has 1 aliphatic heterocycles. The molecule has 1 atom stereocenters. The monoisotopic (exact) mass is 312 g/mol. The molecule has 2 aromatic rings. The Morgan fingerprint density at radius 3 is 2.78 bits per heavy atom. The Morgan fingerprint density at radius 1 is 1.26 bits per heavy atom. The molecule has 0 saturated heterocycles. The number of benzene rings is 1. The number of hydrogen-bond donors (Lipinski definition) is 1. The molecule has 0 bridgehead atoms. The van der Waals surface area contributed by atoms with Gasteiger partial charge in [0.2, 0.25) is 5.76 Å². The highest BCUT2D eigenvalue weighted by Crippen LogP contribution is 2.39. The van der Waals surface area contributed by atoms with Gasteiger partial charge in [0.1, 0.15) is 0 Å². The molecular weight excluding hydrogens is 296 g/mol. The van der Waals surface area contributed by atoms with Crippen LogP contribution in [0.2, 0.25) is 0 Å². The van der Waals surface area contributed by atoms with Crippen molar-refractivity contribution in [3.63, 3.8) is 0 Å². The van der Waals surface area contributed by atoms with E-state index in [1.807, 2.05) is 24.3 Å². The topological polar surface area (TPSA) is 83.6 Å². The summed E-state index contributed by atoms with van der Waals surface area (Å²) in [6.07, 6.45) is 2.16. The zero-order valence-corrected chi connectivity index (χ0v) is 12.4. The summed E-state index contributed by atoms with van der Waals surface area (Å²) in [6.45, 7) is 0.531. The minimum atomic E-state index is -0.925. The number of aliphatic carboxylic acids is 1. The van der Waals surface area contributed by atoms with Crippen LogP contribution in [0.5, 0.6) is 0 Å². The average molecular weight is 312 g/mol. The molecule has 0 radical (unpaired) electrons. The molecular formula is C17H16N2O4. The normalized spacial score (nSPS) is 20.2. The summed E-state index contributed by atoms with van der Waals surface area (Å²) in [5, 5.41) is 13.4. The highest BCUT2D eigenvalue weighted by atomic mass is 16.5. The summed E-state index contributed by atoms with van der Waals surface area (Å²) >= 11 is 0. The number of rotatable bonds is 3. The molecule has 23 heavy (non-hydrogen) atoms. The van der Waals surface area contributed by atoms with Gasteiger partial charge < -0.3 is 14.5 Å². The highest BCUT2D eigenvalue weighted by molar-refractivity contribution is 5.92. The summed E-state index contributed by atoms with van der Waals surface area (Å²) in [5.74, 6) is -1.34. The molecule has 2 aliphatic rings. The fourth-order valence-electron chi connectivity index (χ4n) is 3.09. The van der Waals surface area contributed by atoms with Crippen molar-refractivity contribution in [2.75, 3.05) is 6.54 Å². The van der Waals surface area contributed by atoms with Gasteiger partial charge in [0.05, 0.1) is 11.6 Å². The third-order valence-corrected chi connectivity index (χ3v) is 4.51. The number of carbonyl (C=O) groups excluding carboxylic acids is 1. The molecule has 6 heteroatoms. The number of carbonyl (C=O) groups is 2. The van der Waals surface area contributed by atoms with Crippen molar-refractivity contribution in [1.82, 2.24) is 10.1 Å². The first kappa shape index (κ1) is 14.0. The van der Waals surface area contributed by atoms with E-state index in [1.54, 1.807) is 6.07 Å². The average Bonchev–Trinajstić information content (AvgIpc) is 3.30. The number of fused-ring (bicyclic) bond motifs is 1. The van der Waals surface area contributed by atoms with Crippen LogP contribution in [0, 0.1) is 0 Å². The molecule has 6 nitrogen and oxygen atoms in total. The van der Waals surface area contributed by atoms with Gasteiger partial charge in [0.15, 0.2) is 0 Å². The molecule has 1 aliphatic carbocycles. The lowest BCUT2D eigenvalue weighted by molar-refractivity contribution is -0.139. The zero-order valence-electron chi connectivity index (χ0n) is 12.4. The number of carboxylic acids is 1. The largest absolute Gasteiger partial charge is 0.481 e. The molecule has 1 fully saturated rings. The van der Waals surface area contributed by atoms with Gasteiger partial charge in [-0.2, -0.15) is 0 Å². The third-order valence-electron chi connectivity index (χ3n) is 4.51. The Morgan fingerprint density at radius 2 is 2.04 bits per heavy atom. The Balaban J connectivity index is 1.61. The number of aromatic nitrogens is 1. The van der Waals surface area contributed by atoms with Crippen LogP contribution in [0.4, 0.5) is 0 Å². The first-order chi connectivity index (χ1) is 11.1. The van der Waals surface area contributed by atoms with Crippen LogP contribution in [0.15, 0.2) is 34.9 Å². The second-order valence-corrected chi connectivity index (χ2v) is 6.17. The van der Waals surface area contributed by atoms with Gasteiger partial charge in [-0.3, -0.25) is 9.59 Å². The number of amides is 1. The summed E-state index contributed by atoms with van der Waals surface area (Å²) < 4.78 is 5.18. The second-order valence-electron chi connectivity index (χ2n) is 6.17. The number of hydrogen-bond acceptors (Lipinski definition) is 4. The number of carboxylic acid groups (broad SMARTS) is 1. The molecule has 0 spiro atoms. The van der Waals surface area contributed by atoms with Crippen LogP contribution in [0.3, 0.4) is 0 Å². The van der Waals surface area contributed by atoms with Crippen molar-refractivity contribution in [2.24, 2.45) is 0 Å². The third kappa shape index (κ3) is 2.50. The highest BCUT2D eigenvalue weighted by Gasteiger charge is 2.35. The zero-order chi connectivity index (χ0) is 16.0. The van der Waals surface area contributed by atoms with Crippen molar-refractivity contribution in [3.05, 3.63) is 52.9 Å². The maximum absolute atomic E-state index is 12.6. The summed E-state index contributed by atoms with van der Waals surface area (Å²) in [5.41, 5.74) is 2.46. The quantitative estimate of drug-likeness (QED) is 0.940. The van der Waals surface area contributed by atoms with E-state index in [0.717, 1.165) is 29.7 Å². The van der Waals surface area contributed by atoms with Crippen molar-refractivity contribution in [3.8, 4) is 0 Å². The van der Waals surface area contributed by atoms with Gasteiger partial charge in [0.25, 0.3) is 5.91 Å². The summed E-state index contributed by atoms with van der Waals surface area (Å²) in [7, 11) is 0. The molecule has 1 amide bonds. The van der Waals surface area contributed by atoms with Gasteiger partial charge in [0, 0.05) is 25.1 Å². The minimum absolute atomic E-state index is 0.143. The predicted molar refractivity (Wildman–Crippen MR) is 80.0 cm³/mol. The molecule has 2 heterocycles. The van der Waals surface area contributed by atoms with E-state index < -0.39 is 11.9 Å². The van der Waals surface area contributed by atoms with E-state index >= 15 is 0 Å². The molecule has 1 N–H and O–H groups in total. The lowest BCUT2D eigenvalue weighted by Gasteiger charge is -2.32. The van der Waals surface area contributed by atoms with E-state index in [-0.39, 0.29) is 18.2 Å². The van der Waals surface area contributed by atoms with Crippen molar-refractivity contribution >= 4 is 11.9 Å². The Kier molecular flexibility index (Phi) is 3.18. The van der Waals surface area contributed by atoms with Crippen LogP contribution in [0.25, 0.3) is 0 Å². The molecule has 118 valence electrons. The fraction of sp³-hybridized carbons (Fsp3) is 0.353. The van der Waals surface area contributed by atoms with Crippen LogP contribution >= 0.6 is 0 Å². The lowest BCUT2D eigenvalue weighted by atomic mass is 9.89. The Bertz CT molecular complexity index is 778. The predicted octanol–water partition coefficient (Wildman–Crippen LogP) is 2.38. The van der Waals surface area contributed by atoms with E-state index in [2.05, 4.69) is 5.16 Å². The van der Waals surface area contributed by atoms with Crippen LogP contribution in [0.1, 0.15) is 52.1 Å². The maximum atomic E-state index is 12.6. The van der Waals surface area contributed by atoms with Crippen LogP contribution in [-0.4, -0.2) is 33.6 Å². The van der Waals surface area contributed by atoms with E-state index in [4.69, 9.17) is 4.52 Å². The van der Waals surface area contributed by atoms with Gasteiger partial charge in [-0.15, -0.1) is 0 Å². The molecule has 4 rings (SSSR count). The lowest BCUT2D eigenvalue weighted by Crippen LogP contribution is -2.40. The van der Waals surface area contributed by atoms with Crippen molar-refractivity contribution < 1.29 is 19.2 Å². The SMILES string of the molecule is O=C(O)C1CN(C(=O)c2cc(C3CC3)no2)Cc2ccccc21. The minimum Gasteiger partial charge on any atom is -0.481 e. The van der Waals surface area contributed by atoms with Gasteiger partial charge >= 0.3 is 5.97 Å². The van der Waals surface area contributed by atoms with Crippen LogP contribution in [-0.2, 0) is 11.3 Å². The standard InChI is InChI=1S/C17H16N2O4/c20-16(15-7-14(18-23-15)10-5-6-10)19-8-11-3-1-2-4-12(11)13(9-19)17(21)22/h1-4,7,10,13H,5-6,8-9H2,(H,21,22). The first-order valence-electron chi connectivity index (χ1n) is 7.70. The first-order valence-corrected chi connectivity index (χ1v) is 7.70. The summed E-state index contributed by atoms with van der Waals surface area (Å²) in [4.78, 5) is 25.7. The summed E-state index contributed by atoms with van der Waals surface area (Å²) in [6, 6.07) is 9.04. The van der Waals surface area contributed by atoms with E-state index in [1.165, 1.54) is 4.90 Å². The van der Waals surface area contributed by atoms with Crippen molar-refractivity contribution in [1.29, 1.82) is 0 Å². The van der Waals surface area contributed by atoms with Crippen molar-refractivity contribution in [2.45, 2.75) is 31.2 Å². The molecule has 1 unspecified atom stereocenters.